The van der Waals surface area contributed by atoms with Crippen LogP contribution in [0, 0.1) is 0 Å². The lowest BCUT2D eigenvalue weighted by Crippen LogP contribution is -2.29. The molecule has 2 aromatic rings. The molecule has 0 saturated heterocycles. The van der Waals surface area contributed by atoms with Crippen molar-refractivity contribution >= 4 is 5.78 Å². The Morgan fingerprint density at radius 1 is 1.42 bits per heavy atom. The number of fused-ring (bicyclic) bond motifs is 1. The first-order chi connectivity index (χ1) is 9.15. The summed E-state index contributed by atoms with van der Waals surface area (Å²) in [5.74, 6) is 0.718. The fraction of sp³-hybridized carbons (Fsp3) is 0.462. The van der Waals surface area contributed by atoms with E-state index in [2.05, 4.69) is 5.10 Å². The predicted molar refractivity (Wildman–Crippen MR) is 69.2 cm³/mol. The van der Waals surface area contributed by atoms with Gasteiger partial charge in [0.25, 0.3) is 0 Å². The maximum atomic E-state index is 12.1. The van der Waals surface area contributed by atoms with Crippen LogP contribution in [0.2, 0.25) is 0 Å². The van der Waals surface area contributed by atoms with Crippen LogP contribution in [-0.2, 0) is 26.6 Å². The molecule has 0 atom stereocenters. The summed E-state index contributed by atoms with van der Waals surface area (Å²) in [7, 11) is 1.86. The highest BCUT2D eigenvalue weighted by Gasteiger charge is 2.18. The van der Waals surface area contributed by atoms with E-state index in [0.29, 0.717) is 12.1 Å². The third-order valence-corrected chi connectivity index (χ3v) is 3.48. The number of Topliss-reactive ketones (excluding diaryl/α,β-unsaturated/α-hetero) is 1. The molecule has 3 heterocycles. The summed E-state index contributed by atoms with van der Waals surface area (Å²) in [5, 5.41) is 4.26. The van der Waals surface area contributed by atoms with Gasteiger partial charge in [0, 0.05) is 38.0 Å². The van der Waals surface area contributed by atoms with E-state index in [-0.39, 0.29) is 18.0 Å². The van der Waals surface area contributed by atoms with Crippen LogP contribution in [-0.4, -0.2) is 24.7 Å². The lowest BCUT2D eigenvalue weighted by molar-refractivity contribution is 0.0966. The minimum Gasteiger partial charge on any atom is -0.357 e. The number of aryl methyl sites for hydroxylation is 2. The Morgan fingerprint density at radius 2 is 2.26 bits per heavy atom. The molecule has 6 heteroatoms. The second kappa shape index (κ2) is 4.53. The number of ketones is 1. The summed E-state index contributed by atoms with van der Waals surface area (Å²) >= 11 is 0. The zero-order chi connectivity index (χ0) is 13.4. The Hall–Kier alpha value is -2.11. The third-order valence-electron chi connectivity index (χ3n) is 3.48. The van der Waals surface area contributed by atoms with E-state index in [1.807, 2.05) is 17.8 Å². The molecule has 6 nitrogen and oxygen atoms in total. The van der Waals surface area contributed by atoms with Crippen molar-refractivity contribution in [3.63, 3.8) is 0 Å². The van der Waals surface area contributed by atoms with Crippen molar-refractivity contribution in [1.82, 2.24) is 18.9 Å². The molecule has 0 N–H and O–H groups in total. The van der Waals surface area contributed by atoms with Crippen molar-refractivity contribution in [2.24, 2.45) is 7.05 Å². The molecule has 19 heavy (non-hydrogen) atoms. The zero-order valence-corrected chi connectivity index (χ0v) is 10.9. The molecular weight excluding hydrogens is 244 g/mol. The van der Waals surface area contributed by atoms with Gasteiger partial charge in [-0.3, -0.25) is 9.36 Å². The van der Waals surface area contributed by atoms with Gasteiger partial charge in [-0.25, -0.2) is 9.48 Å². The zero-order valence-electron chi connectivity index (χ0n) is 10.9. The Morgan fingerprint density at radius 3 is 2.95 bits per heavy atom. The number of nitrogens with zero attached hydrogens (tertiary/aromatic N) is 4. The van der Waals surface area contributed by atoms with Gasteiger partial charge in [0.2, 0.25) is 0 Å². The topological polar surface area (TPSA) is 61.8 Å². The van der Waals surface area contributed by atoms with Gasteiger partial charge in [0.1, 0.15) is 12.4 Å². The minimum atomic E-state index is -0.168. The van der Waals surface area contributed by atoms with Crippen molar-refractivity contribution in [2.45, 2.75) is 32.4 Å². The monoisotopic (exact) mass is 260 g/mol. The number of carbonyl (C=O) groups excluding carboxylic acids is 1. The summed E-state index contributed by atoms with van der Waals surface area (Å²) in [6.45, 7) is 0.733. The third kappa shape index (κ3) is 2.14. The molecular formula is C13H16N4O2. The SMILES string of the molecule is Cn1ccc(C(=O)Cn2nc3n(c2=O)CCCC3)c1. The molecule has 2 aromatic heterocycles. The van der Waals surface area contributed by atoms with E-state index in [1.165, 1.54) is 4.68 Å². The Bertz CT molecular complexity index is 677. The standard InChI is InChI=1S/C13H16N4O2/c1-15-7-5-10(8-15)11(18)9-17-13(19)16-6-3-2-4-12(16)14-17/h5,7-8H,2-4,6,9H2,1H3. The van der Waals surface area contributed by atoms with E-state index in [4.69, 9.17) is 0 Å². The quantitative estimate of drug-likeness (QED) is 0.759. The smallest absolute Gasteiger partial charge is 0.346 e. The maximum absolute atomic E-state index is 12.1. The highest BCUT2D eigenvalue weighted by atomic mass is 16.2. The average molecular weight is 260 g/mol. The van der Waals surface area contributed by atoms with Crippen molar-refractivity contribution in [1.29, 1.82) is 0 Å². The number of rotatable bonds is 3. The van der Waals surface area contributed by atoms with Gasteiger partial charge in [-0.05, 0) is 18.9 Å². The molecule has 1 aliphatic rings. The van der Waals surface area contributed by atoms with Crippen LogP contribution in [0.25, 0.3) is 0 Å². The molecule has 0 bridgehead atoms. The van der Waals surface area contributed by atoms with Gasteiger partial charge >= 0.3 is 5.69 Å². The summed E-state index contributed by atoms with van der Waals surface area (Å²) < 4.78 is 4.78. The molecule has 0 fully saturated rings. The molecule has 0 aromatic carbocycles. The van der Waals surface area contributed by atoms with Crippen LogP contribution in [0.15, 0.2) is 23.3 Å². The van der Waals surface area contributed by atoms with Crippen molar-refractivity contribution in [3.8, 4) is 0 Å². The summed E-state index contributed by atoms with van der Waals surface area (Å²) in [5.41, 5.74) is 0.444. The fourth-order valence-electron chi connectivity index (χ4n) is 2.45. The first-order valence-electron chi connectivity index (χ1n) is 6.47. The number of hydrogen-bond donors (Lipinski definition) is 0. The number of aromatic nitrogens is 4. The number of carbonyl (C=O) groups is 1. The van der Waals surface area contributed by atoms with Crippen molar-refractivity contribution in [3.05, 3.63) is 40.3 Å². The van der Waals surface area contributed by atoms with Crippen LogP contribution >= 0.6 is 0 Å². The van der Waals surface area contributed by atoms with Crippen LogP contribution in [0.1, 0.15) is 29.0 Å². The molecule has 100 valence electrons. The van der Waals surface area contributed by atoms with Gasteiger partial charge in [0.05, 0.1) is 0 Å². The van der Waals surface area contributed by atoms with E-state index in [0.717, 1.165) is 25.1 Å². The first-order valence-corrected chi connectivity index (χ1v) is 6.47. The van der Waals surface area contributed by atoms with E-state index in [9.17, 15) is 9.59 Å². The van der Waals surface area contributed by atoms with E-state index < -0.39 is 0 Å². The van der Waals surface area contributed by atoms with E-state index in [1.54, 1.807) is 16.8 Å². The second-order valence-electron chi connectivity index (χ2n) is 4.95. The molecule has 0 spiro atoms. The molecule has 3 rings (SSSR count). The summed E-state index contributed by atoms with van der Waals surface area (Å²) in [4.78, 5) is 24.2. The van der Waals surface area contributed by atoms with Gasteiger partial charge in [-0.2, -0.15) is 5.10 Å². The van der Waals surface area contributed by atoms with Gasteiger partial charge < -0.3 is 4.57 Å². The van der Waals surface area contributed by atoms with Crippen LogP contribution in [0.5, 0.6) is 0 Å². The Labute approximate surface area is 110 Å². The van der Waals surface area contributed by atoms with Crippen molar-refractivity contribution < 1.29 is 4.79 Å². The Kier molecular flexibility index (Phi) is 2.85. The second-order valence-corrected chi connectivity index (χ2v) is 4.95. The normalized spacial score (nSPS) is 14.4. The largest absolute Gasteiger partial charge is 0.357 e. The average Bonchev–Trinajstić information content (AvgIpc) is 2.96. The van der Waals surface area contributed by atoms with Crippen molar-refractivity contribution in [2.75, 3.05) is 0 Å². The first kappa shape index (κ1) is 12.0. The number of hydrogen-bond acceptors (Lipinski definition) is 3. The summed E-state index contributed by atoms with van der Waals surface area (Å²) in [6, 6.07) is 1.75. The highest BCUT2D eigenvalue weighted by Crippen LogP contribution is 2.09. The lowest BCUT2D eigenvalue weighted by atomic mass is 10.2. The molecule has 0 unspecified atom stereocenters. The van der Waals surface area contributed by atoms with Crippen LogP contribution in [0.3, 0.4) is 0 Å². The molecule has 0 saturated carbocycles. The van der Waals surface area contributed by atoms with E-state index >= 15 is 0 Å². The Balaban J connectivity index is 1.86. The van der Waals surface area contributed by atoms with Gasteiger partial charge in [-0.1, -0.05) is 0 Å². The van der Waals surface area contributed by atoms with Gasteiger partial charge in [-0.15, -0.1) is 0 Å². The van der Waals surface area contributed by atoms with Gasteiger partial charge in [0.15, 0.2) is 5.78 Å². The molecule has 1 aliphatic heterocycles. The van der Waals surface area contributed by atoms with Crippen LogP contribution in [0.4, 0.5) is 0 Å². The fourth-order valence-corrected chi connectivity index (χ4v) is 2.45. The predicted octanol–water partition coefficient (Wildman–Crippen LogP) is 0.602. The molecule has 0 aliphatic carbocycles. The lowest BCUT2D eigenvalue weighted by Gasteiger charge is -2.09. The minimum absolute atomic E-state index is 0.0167. The van der Waals surface area contributed by atoms with Crippen LogP contribution < -0.4 is 5.69 Å². The highest BCUT2D eigenvalue weighted by molar-refractivity contribution is 5.95. The summed E-state index contributed by atoms with van der Waals surface area (Å²) in [6.07, 6.45) is 6.45. The molecule has 0 amide bonds. The maximum Gasteiger partial charge on any atom is 0.346 e. The molecule has 0 radical (unpaired) electrons.